The third-order valence-corrected chi connectivity index (χ3v) is 2.07. The Kier molecular flexibility index (Phi) is 5.06. The molecule has 2 rings (SSSR count). The van der Waals surface area contributed by atoms with Gasteiger partial charge in [-0.2, -0.15) is 0 Å². The van der Waals surface area contributed by atoms with E-state index in [0.29, 0.717) is 0 Å². The molecule has 2 nitrogen and oxygen atoms in total. The smallest absolute Gasteiger partial charge is 0.118 e. The molecule has 0 saturated carbocycles. The molecule has 0 aliphatic rings. The van der Waals surface area contributed by atoms with Gasteiger partial charge < -0.3 is 4.74 Å². The largest absolute Gasteiger partial charge is 0.497 e. The van der Waals surface area contributed by atoms with E-state index in [1.165, 1.54) is 11.1 Å². The molecule has 0 bridgehead atoms. The standard InChI is InChI=1S/C8H10O.C6H7N/c1-7-3-5-8(9-2)6-4-7;1-6-3-2-4-7-5-6/h3-6H,1-2H3;2-5H,1H3. The van der Waals surface area contributed by atoms with Crippen LogP contribution < -0.4 is 4.74 Å². The first-order chi connectivity index (χ1) is 7.72. The number of hydrogen-bond donors (Lipinski definition) is 0. The summed E-state index contributed by atoms with van der Waals surface area (Å²) < 4.78 is 4.97. The van der Waals surface area contributed by atoms with Crippen molar-refractivity contribution < 1.29 is 4.74 Å². The van der Waals surface area contributed by atoms with Crippen molar-refractivity contribution in [1.29, 1.82) is 0 Å². The number of nitrogens with zero attached hydrogens (tertiary/aromatic N) is 1. The van der Waals surface area contributed by atoms with Gasteiger partial charge in [0.1, 0.15) is 5.75 Å². The Hall–Kier alpha value is -1.83. The van der Waals surface area contributed by atoms with Gasteiger partial charge >= 0.3 is 0 Å². The first-order valence-corrected chi connectivity index (χ1v) is 5.19. The van der Waals surface area contributed by atoms with E-state index < -0.39 is 0 Å². The van der Waals surface area contributed by atoms with Gasteiger partial charge in [-0.1, -0.05) is 23.8 Å². The number of methoxy groups -OCH3 is 1. The van der Waals surface area contributed by atoms with Gasteiger partial charge in [-0.05, 0) is 37.6 Å². The number of aromatic nitrogens is 1. The van der Waals surface area contributed by atoms with Crippen LogP contribution in [0.15, 0.2) is 48.8 Å². The van der Waals surface area contributed by atoms with Crippen molar-refractivity contribution in [1.82, 2.24) is 4.98 Å². The third kappa shape index (κ3) is 4.60. The van der Waals surface area contributed by atoms with Gasteiger partial charge in [0.15, 0.2) is 0 Å². The van der Waals surface area contributed by atoms with Crippen LogP contribution in [0.5, 0.6) is 5.75 Å². The zero-order valence-electron chi connectivity index (χ0n) is 9.97. The Morgan fingerprint density at radius 2 is 1.62 bits per heavy atom. The molecule has 1 aromatic carbocycles. The normalized spacial score (nSPS) is 8.94. The fourth-order valence-corrected chi connectivity index (χ4v) is 1.12. The average molecular weight is 215 g/mol. The fourth-order valence-electron chi connectivity index (χ4n) is 1.12. The lowest BCUT2D eigenvalue weighted by Crippen LogP contribution is -1.80. The number of hydrogen-bond acceptors (Lipinski definition) is 2. The van der Waals surface area contributed by atoms with Crippen LogP contribution in [0.1, 0.15) is 11.1 Å². The summed E-state index contributed by atoms with van der Waals surface area (Å²) in [5.41, 5.74) is 2.47. The second-order valence-corrected chi connectivity index (χ2v) is 3.55. The zero-order valence-corrected chi connectivity index (χ0v) is 9.97. The minimum Gasteiger partial charge on any atom is -0.497 e. The van der Waals surface area contributed by atoms with Gasteiger partial charge in [0, 0.05) is 12.4 Å². The molecule has 16 heavy (non-hydrogen) atoms. The lowest BCUT2D eigenvalue weighted by Gasteiger charge is -1.97. The van der Waals surface area contributed by atoms with E-state index in [1.54, 1.807) is 13.3 Å². The Balaban J connectivity index is 0.000000165. The van der Waals surface area contributed by atoms with Gasteiger partial charge in [0.25, 0.3) is 0 Å². The number of ether oxygens (including phenoxy) is 1. The second kappa shape index (κ2) is 6.62. The highest BCUT2D eigenvalue weighted by Gasteiger charge is 1.85. The van der Waals surface area contributed by atoms with Gasteiger partial charge in [-0.3, -0.25) is 4.98 Å². The molecule has 1 aromatic heterocycles. The highest BCUT2D eigenvalue weighted by Crippen LogP contribution is 2.09. The van der Waals surface area contributed by atoms with E-state index in [0.717, 1.165) is 5.75 Å². The summed E-state index contributed by atoms with van der Waals surface area (Å²) in [6, 6.07) is 11.9. The van der Waals surface area contributed by atoms with Crippen molar-refractivity contribution in [2.75, 3.05) is 7.11 Å². The van der Waals surface area contributed by atoms with E-state index >= 15 is 0 Å². The SMILES string of the molecule is COc1ccc(C)cc1.Cc1cccnc1. The van der Waals surface area contributed by atoms with Crippen molar-refractivity contribution in [2.24, 2.45) is 0 Å². The zero-order chi connectivity index (χ0) is 11.8. The summed E-state index contributed by atoms with van der Waals surface area (Å²) in [5.74, 6) is 0.917. The van der Waals surface area contributed by atoms with Gasteiger partial charge in [-0.25, -0.2) is 0 Å². The summed E-state index contributed by atoms with van der Waals surface area (Å²) in [6.45, 7) is 4.08. The minimum absolute atomic E-state index is 0.917. The van der Waals surface area contributed by atoms with Crippen molar-refractivity contribution in [3.8, 4) is 5.75 Å². The van der Waals surface area contributed by atoms with Gasteiger partial charge in [-0.15, -0.1) is 0 Å². The predicted molar refractivity (Wildman–Crippen MR) is 66.7 cm³/mol. The summed E-state index contributed by atoms with van der Waals surface area (Å²) >= 11 is 0. The Labute approximate surface area is 96.9 Å². The van der Waals surface area contributed by atoms with Crippen LogP contribution in [0.25, 0.3) is 0 Å². The van der Waals surface area contributed by atoms with Crippen LogP contribution in [0.3, 0.4) is 0 Å². The highest BCUT2D eigenvalue weighted by atomic mass is 16.5. The Morgan fingerprint density at radius 3 is 2.00 bits per heavy atom. The first kappa shape index (κ1) is 12.2. The quantitative estimate of drug-likeness (QED) is 0.727. The molecule has 0 aliphatic heterocycles. The van der Waals surface area contributed by atoms with E-state index in [-0.39, 0.29) is 0 Å². The molecule has 0 fully saturated rings. The molecule has 0 amide bonds. The van der Waals surface area contributed by atoms with E-state index in [4.69, 9.17) is 4.74 Å². The molecule has 1 heterocycles. The molecule has 0 radical (unpaired) electrons. The van der Waals surface area contributed by atoms with Crippen molar-refractivity contribution in [3.05, 3.63) is 59.9 Å². The van der Waals surface area contributed by atoms with Crippen LogP contribution in [-0.4, -0.2) is 12.1 Å². The molecular formula is C14H17NO. The fraction of sp³-hybridized carbons (Fsp3) is 0.214. The van der Waals surface area contributed by atoms with E-state index in [9.17, 15) is 0 Å². The minimum atomic E-state index is 0.917. The third-order valence-electron chi connectivity index (χ3n) is 2.07. The molecular weight excluding hydrogens is 198 g/mol. The van der Waals surface area contributed by atoms with Crippen LogP contribution in [0.2, 0.25) is 0 Å². The molecule has 2 heteroatoms. The summed E-state index contributed by atoms with van der Waals surface area (Å²) in [7, 11) is 1.67. The lowest BCUT2D eigenvalue weighted by atomic mass is 10.2. The van der Waals surface area contributed by atoms with E-state index in [2.05, 4.69) is 11.9 Å². The molecule has 0 N–H and O–H groups in total. The van der Waals surface area contributed by atoms with Crippen molar-refractivity contribution in [2.45, 2.75) is 13.8 Å². The average Bonchev–Trinajstić information content (AvgIpc) is 2.32. The molecule has 0 spiro atoms. The van der Waals surface area contributed by atoms with E-state index in [1.807, 2.05) is 49.5 Å². The number of pyridine rings is 1. The lowest BCUT2D eigenvalue weighted by molar-refractivity contribution is 0.414. The highest BCUT2D eigenvalue weighted by molar-refractivity contribution is 5.25. The molecule has 84 valence electrons. The molecule has 0 atom stereocenters. The Bertz CT molecular complexity index is 395. The summed E-state index contributed by atoms with van der Waals surface area (Å²) in [4.78, 5) is 3.88. The number of rotatable bonds is 1. The second-order valence-electron chi connectivity index (χ2n) is 3.55. The van der Waals surface area contributed by atoms with Crippen LogP contribution in [-0.2, 0) is 0 Å². The maximum absolute atomic E-state index is 4.97. The van der Waals surface area contributed by atoms with Crippen LogP contribution >= 0.6 is 0 Å². The maximum atomic E-state index is 4.97. The molecule has 0 saturated heterocycles. The number of aryl methyl sites for hydroxylation is 2. The Morgan fingerprint density at radius 1 is 0.938 bits per heavy atom. The van der Waals surface area contributed by atoms with Gasteiger partial charge in [0.05, 0.1) is 7.11 Å². The topological polar surface area (TPSA) is 22.1 Å². The predicted octanol–water partition coefficient (Wildman–Crippen LogP) is 3.39. The first-order valence-electron chi connectivity index (χ1n) is 5.19. The van der Waals surface area contributed by atoms with Crippen LogP contribution in [0.4, 0.5) is 0 Å². The summed E-state index contributed by atoms with van der Waals surface area (Å²) in [6.07, 6.45) is 3.60. The van der Waals surface area contributed by atoms with Crippen molar-refractivity contribution in [3.63, 3.8) is 0 Å². The monoisotopic (exact) mass is 215 g/mol. The van der Waals surface area contributed by atoms with Gasteiger partial charge in [0.2, 0.25) is 0 Å². The summed E-state index contributed by atoms with van der Waals surface area (Å²) in [5, 5.41) is 0. The molecule has 0 aliphatic carbocycles. The molecule has 0 unspecified atom stereocenters. The number of benzene rings is 1. The molecule has 2 aromatic rings. The maximum Gasteiger partial charge on any atom is 0.118 e. The van der Waals surface area contributed by atoms with Crippen molar-refractivity contribution >= 4 is 0 Å². The van der Waals surface area contributed by atoms with Crippen LogP contribution in [0, 0.1) is 13.8 Å².